The summed E-state index contributed by atoms with van der Waals surface area (Å²) in [6, 6.07) is 4.98. The number of hydrogen-bond donors (Lipinski definition) is 1. The number of halogens is 5. The SMILES string of the molecule is Cc1[nH]c(C)c(-c2ccc(-c3cc(C(F)(F)F)ccc3F)nc2)c(=O)c1Cl. The van der Waals surface area contributed by atoms with Crippen LogP contribution in [-0.4, -0.2) is 9.97 Å². The molecule has 0 atom stereocenters. The molecule has 140 valence electrons. The van der Waals surface area contributed by atoms with Gasteiger partial charge in [-0.25, -0.2) is 4.39 Å². The Morgan fingerprint density at radius 1 is 1.07 bits per heavy atom. The van der Waals surface area contributed by atoms with Crippen molar-refractivity contribution in [2.45, 2.75) is 20.0 Å². The smallest absolute Gasteiger partial charge is 0.361 e. The van der Waals surface area contributed by atoms with Crippen molar-refractivity contribution >= 4 is 11.6 Å². The summed E-state index contributed by atoms with van der Waals surface area (Å²) in [6.07, 6.45) is -3.29. The molecule has 3 aromatic rings. The second-order valence-electron chi connectivity index (χ2n) is 6.02. The van der Waals surface area contributed by atoms with Crippen molar-refractivity contribution in [1.82, 2.24) is 9.97 Å². The Hall–Kier alpha value is -2.67. The van der Waals surface area contributed by atoms with Crippen molar-refractivity contribution in [2.75, 3.05) is 0 Å². The Kier molecular flexibility index (Phi) is 4.82. The number of benzene rings is 1. The summed E-state index contributed by atoms with van der Waals surface area (Å²) < 4.78 is 52.6. The summed E-state index contributed by atoms with van der Waals surface area (Å²) in [7, 11) is 0. The van der Waals surface area contributed by atoms with Gasteiger partial charge in [-0.15, -0.1) is 0 Å². The molecule has 3 rings (SSSR count). The number of aromatic nitrogens is 2. The normalized spacial score (nSPS) is 11.7. The number of nitrogens with one attached hydrogen (secondary N) is 1. The lowest BCUT2D eigenvalue weighted by Gasteiger charge is -2.11. The van der Waals surface area contributed by atoms with E-state index in [2.05, 4.69) is 9.97 Å². The maximum Gasteiger partial charge on any atom is 0.416 e. The van der Waals surface area contributed by atoms with Crippen LogP contribution in [0.1, 0.15) is 17.0 Å². The molecule has 0 saturated heterocycles. The first-order chi connectivity index (χ1) is 12.6. The Balaban J connectivity index is 2.08. The molecule has 2 heterocycles. The molecule has 0 bridgehead atoms. The highest BCUT2D eigenvalue weighted by molar-refractivity contribution is 6.31. The zero-order valence-corrected chi connectivity index (χ0v) is 15.0. The molecular weight excluding hydrogens is 384 g/mol. The molecule has 0 fully saturated rings. The van der Waals surface area contributed by atoms with Crippen molar-refractivity contribution in [3.63, 3.8) is 0 Å². The topological polar surface area (TPSA) is 45.8 Å². The fourth-order valence-corrected chi connectivity index (χ4v) is 2.94. The van der Waals surface area contributed by atoms with Gasteiger partial charge in [-0.3, -0.25) is 9.78 Å². The van der Waals surface area contributed by atoms with Crippen molar-refractivity contribution < 1.29 is 17.6 Å². The lowest BCUT2D eigenvalue weighted by molar-refractivity contribution is -0.137. The first-order valence-electron chi connectivity index (χ1n) is 7.82. The van der Waals surface area contributed by atoms with E-state index in [1.807, 2.05) is 0 Å². The van der Waals surface area contributed by atoms with Crippen LogP contribution < -0.4 is 5.43 Å². The van der Waals surface area contributed by atoms with Crippen LogP contribution in [0.25, 0.3) is 22.4 Å². The third-order valence-electron chi connectivity index (χ3n) is 4.13. The number of pyridine rings is 2. The summed E-state index contributed by atoms with van der Waals surface area (Å²) in [5.41, 5.74) is 0.215. The van der Waals surface area contributed by atoms with E-state index in [1.54, 1.807) is 13.8 Å². The van der Waals surface area contributed by atoms with Crippen LogP contribution in [0.15, 0.2) is 41.3 Å². The minimum atomic E-state index is -4.59. The van der Waals surface area contributed by atoms with Crippen LogP contribution >= 0.6 is 11.6 Å². The highest BCUT2D eigenvalue weighted by Gasteiger charge is 2.31. The standard InChI is InChI=1S/C19H13ClF4N2O/c1-9-16(18(27)17(20)10(2)26-9)11-3-6-15(25-8-11)13-7-12(19(22,23)24)4-5-14(13)21/h3-8H,1-2H3,(H,26,27). The molecule has 1 N–H and O–H groups in total. The molecule has 0 aliphatic rings. The van der Waals surface area contributed by atoms with Gasteiger partial charge >= 0.3 is 6.18 Å². The second kappa shape index (κ2) is 6.81. The van der Waals surface area contributed by atoms with Crippen LogP contribution in [0.2, 0.25) is 5.02 Å². The van der Waals surface area contributed by atoms with Crippen LogP contribution in [0.4, 0.5) is 17.6 Å². The second-order valence-corrected chi connectivity index (χ2v) is 6.40. The van der Waals surface area contributed by atoms with Gasteiger partial charge in [0.1, 0.15) is 10.8 Å². The average molecular weight is 397 g/mol. The van der Waals surface area contributed by atoms with Crippen molar-refractivity contribution in [3.05, 3.63) is 74.5 Å². The van der Waals surface area contributed by atoms with Crippen LogP contribution in [0, 0.1) is 19.7 Å². The molecule has 0 aliphatic heterocycles. The number of rotatable bonds is 2. The number of nitrogens with zero attached hydrogens (tertiary/aromatic N) is 1. The molecule has 1 aromatic carbocycles. The number of aryl methyl sites for hydroxylation is 2. The van der Waals surface area contributed by atoms with Crippen LogP contribution in [0.3, 0.4) is 0 Å². The number of H-pyrrole nitrogens is 1. The third-order valence-corrected chi connectivity index (χ3v) is 4.58. The van der Waals surface area contributed by atoms with Gasteiger partial charge in [0, 0.05) is 28.7 Å². The zero-order chi connectivity index (χ0) is 19.9. The fraction of sp³-hybridized carbons (Fsp3) is 0.158. The van der Waals surface area contributed by atoms with Crippen molar-refractivity contribution in [2.24, 2.45) is 0 Å². The molecule has 0 radical (unpaired) electrons. The van der Waals surface area contributed by atoms with E-state index in [1.165, 1.54) is 18.3 Å². The van der Waals surface area contributed by atoms with Gasteiger partial charge < -0.3 is 4.98 Å². The number of aromatic amines is 1. The van der Waals surface area contributed by atoms with E-state index in [4.69, 9.17) is 11.6 Å². The van der Waals surface area contributed by atoms with Crippen LogP contribution in [0.5, 0.6) is 0 Å². The zero-order valence-electron chi connectivity index (χ0n) is 14.2. The van der Waals surface area contributed by atoms with E-state index < -0.39 is 17.6 Å². The molecule has 0 spiro atoms. The third kappa shape index (κ3) is 3.60. The summed E-state index contributed by atoms with van der Waals surface area (Å²) >= 11 is 5.99. The van der Waals surface area contributed by atoms with E-state index in [9.17, 15) is 22.4 Å². The molecule has 3 nitrogen and oxygen atoms in total. The Morgan fingerprint density at radius 3 is 2.37 bits per heavy atom. The lowest BCUT2D eigenvalue weighted by Crippen LogP contribution is -2.11. The number of hydrogen-bond acceptors (Lipinski definition) is 2. The predicted octanol–water partition coefficient (Wildman–Crippen LogP) is 5.53. The lowest BCUT2D eigenvalue weighted by atomic mass is 10.0. The minimum absolute atomic E-state index is 0.0228. The van der Waals surface area contributed by atoms with Gasteiger partial charge in [0.25, 0.3) is 0 Å². The molecule has 0 aliphatic carbocycles. The summed E-state index contributed by atoms with van der Waals surface area (Å²) in [5, 5.41) is 0.0450. The van der Waals surface area contributed by atoms with E-state index in [0.717, 1.165) is 6.07 Å². The van der Waals surface area contributed by atoms with Gasteiger partial charge in [-0.2, -0.15) is 13.2 Å². The van der Waals surface area contributed by atoms with Gasteiger partial charge in [0.2, 0.25) is 5.43 Å². The van der Waals surface area contributed by atoms with Gasteiger partial charge in [-0.05, 0) is 38.1 Å². The molecule has 0 unspecified atom stereocenters. The largest absolute Gasteiger partial charge is 0.416 e. The molecular formula is C19H13ClF4N2O. The molecule has 27 heavy (non-hydrogen) atoms. The highest BCUT2D eigenvalue weighted by atomic mass is 35.5. The quantitative estimate of drug-likeness (QED) is 0.579. The van der Waals surface area contributed by atoms with Crippen LogP contribution in [-0.2, 0) is 6.18 Å². The van der Waals surface area contributed by atoms with Gasteiger partial charge in [-0.1, -0.05) is 17.7 Å². The molecule has 8 heteroatoms. The summed E-state index contributed by atoms with van der Waals surface area (Å²) in [5.74, 6) is -0.823. The fourth-order valence-electron chi connectivity index (χ4n) is 2.80. The van der Waals surface area contributed by atoms with E-state index in [-0.39, 0.29) is 21.7 Å². The maximum absolute atomic E-state index is 14.0. The Morgan fingerprint density at radius 2 is 1.78 bits per heavy atom. The summed E-state index contributed by atoms with van der Waals surface area (Å²) in [6.45, 7) is 3.36. The monoisotopic (exact) mass is 396 g/mol. The first-order valence-corrected chi connectivity index (χ1v) is 8.20. The van der Waals surface area contributed by atoms with Gasteiger partial charge in [0.15, 0.2) is 0 Å². The Labute approximate surface area is 156 Å². The van der Waals surface area contributed by atoms with E-state index in [0.29, 0.717) is 34.6 Å². The van der Waals surface area contributed by atoms with Gasteiger partial charge in [0.05, 0.1) is 16.8 Å². The number of alkyl halides is 3. The van der Waals surface area contributed by atoms with Crippen molar-refractivity contribution in [3.8, 4) is 22.4 Å². The highest BCUT2D eigenvalue weighted by Crippen LogP contribution is 2.33. The summed E-state index contributed by atoms with van der Waals surface area (Å²) in [4.78, 5) is 19.4. The molecule has 0 amide bonds. The van der Waals surface area contributed by atoms with Crippen molar-refractivity contribution in [1.29, 1.82) is 0 Å². The molecule has 0 saturated carbocycles. The molecule has 2 aromatic heterocycles. The minimum Gasteiger partial charge on any atom is -0.361 e. The average Bonchev–Trinajstić information content (AvgIpc) is 2.60. The first kappa shape index (κ1) is 19.1. The maximum atomic E-state index is 14.0. The Bertz CT molecular complexity index is 1070. The predicted molar refractivity (Wildman–Crippen MR) is 95.2 cm³/mol. The van der Waals surface area contributed by atoms with E-state index >= 15 is 0 Å².